The van der Waals surface area contributed by atoms with Gasteiger partial charge in [-0.05, 0) is 60.2 Å². The Morgan fingerprint density at radius 1 is 1.19 bits per heavy atom. The summed E-state index contributed by atoms with van der Waals surface area (Å²) in [4.78, 5) is 27.1. The Labute approximate surface area is 165 Å². The molecule has 4 nitrogen and oxygen atoms in total. The van der Waals surface area contributed by atoms with E-state index in [2.05, 4.69) is 46.4 Å². The Hall–Kier alpha value is -2.14. The average Bonchev–Trinajstić information content (AvgIpc) is 3.32. The lowest BCUT2D eigenvalue weighted by Crippen LogP contribution is -2.47. The van der Waals surface area contributed by atoms with Gasteiger partial charge in [0, 0.05) is 25.6 Å². The highest BCUT2D eigenvalue weighted by Gasteiger charge is 2.45. The highest BCUT2D eigenvalue weighted by atomic mass is 32.1. The van der Waals surface area contributed by atoms with Crippen molar-refractivity contribution >= 4 is 23.2 Å². The number of hydrogen-bond donors (Lipinski definition) is 1. The van der Waals surface area contributed by atoms with Crippen LogP contribution >= 0.6 is 11.3 Å². The molecule has 0 saturated carbocycles. The third-order valence-corrected chi connectivity index (χ3v) is 5.94. The van der Waals surface area contributed by atoms with Gasteiger partial charge in [0.2, 0.25) is 11.8 Å². The molecule has 1 aliphatic rings. The molecule has 0 radical (unpaired) electrons. The number of hydrogen-bond acceptors (Lipinski definition) is 3. The highest BCUT2D eigenvalue weighted by Crippen LogP contribution is 2.36. The van der Waals surface area contributed by atoms with Crippen molar-refractivity contribution in [3.05, 3.63) is 46.7 Å². The van der Waals surface area contributed by atoms with Crippen LogP contribution in [0.1, 0.15) is 39.2 Å². The van der Waals surface area contributed by atoms with Gasteiger partial charge in [0.05, 0.1) is 5.41 Å². The van der Waals surface area contributed by atoms with Crippen LogP contribution in [0.25, 0.3) is 11.1 Å². The molecule has 1 saturated heterocycles. The smallest absolute Gasteiger partial charge is 0.228 e. The first-order valence-corrected chi connectivity index (χ1v) is 10.6. The van der Waals surface area contributed by atoms with E-state index in [0.29, 0.717) is 32.4 Å². The minimum Gasteiger partial charge on any atom is -0.353 e. The number of amides is 2. The number of nitrogens with one attached hydrogen (secondary N) is 1. The summed E-state index contributed by atoms with van der Waals surface area (Å²) in [5.41, 5.74) is 3.01. The van der Waals surface area contributed by atoms with Crippen LogP contribution in [0.15, 0.2) is 41.1 Å². The third-order valence-electron chi connectivity index (χ3n) is 5.26. The largest absolute Gasteiger partial charge is 0.353 e. The van der Waals surface area contributed by atoms with Crippen molar-refractivity contribution in [3.8, 4) is 11.1 Å². The fourth-order valence-electron chi connectivity index (χ4n) is 3.77. The van der Waals surface area contributed by atoms with Crippen LogP contribution in [0.4, 0.5) is 0 Å². The summed E-state index contributed by atoms with van der Waals surface area (Å²) in [6.07, 6.45) is 1.85. The Morgan fingerprint density at radius 3 is 2.52 bits per heavy atom. The van der Waals surface area contributed by atoms with Crippen LogP contribution in [0.5, 0.6) is 0 Å². The predicted octanol–water partition coefficient (Wildman–Crippen LogP) is 4.11. The number of benzene rings is 1. The molecule has 0 unspecified atom stereocenters. The van der Waals surface area contributed by atoms with Gasteiger partial charge in [-0.15, -0.1) is 0 Å². The first kappa shape index (κ1) is 19.6. The second-order valence-electron chi connectivity index (χ2n) is 7.71. The van der Waals surface area contributed by atoms with Gasteiger partial charge in [-0.3, -0.25) is 9.59 Å². The Kier molecular flexibility index (Phi) is 6.00. The Bertz CT molecular complexity index is 783. The molecule has 5 heteroatoms. The first-order valence-electron chi connectivity index (χ1n) is 9.64. The van der Waals surface area contributed by atoms with Crippen molar-refractivity contribution in [3.63, 3.8) is 0 Å². The number of likely N-dealkylation sites (tertiary alicyclic amines) is 1. The van der Waals surface area contributed by atoms with Crippen LogP contribution < -0.4 is 5.32 Å². The maximum Gasteiger partial charge on any atom is 0.228 e. The normalized spacial score (nSPS) is 19.5. The molecule has 0 bridgehead atoms. The average molecular weight is 385 g/mol. The summed E-state index contributed by atoms with van der Waals surface area (Å²) in [5.74, 6) is 0.188. The lowest BCUT2D eigenvalue weighted by molar-refractivity contribution is -0.133. The van der Waals surface area contributed by atoms with Crippen LogP contribution in [-0.4, -0.2) is 35.8 Å². The molecular formula is C22H28N2O2S. The minimum absolute atomic E-state index is 0.0609. The summed E-state index contributed by atoms with van der Waals surface area (Å²) >= 11 is 1.69. The minimum atomic E-state index is -0.543. The Balaban J connectivity index is 1.81. The summed E-state index contributed by atoms with van der Waals surface area (Å²) in [7, 11) is 0. The molecule has 1 fully saturated rings. The Morgan fingerprint density at radius 2 is 1.93 bits per heavy atom. The van der Waals surface area contributed by atoms with E-state index in [1.54, 1.807) is 11.3 Å². The van der Waals surface area contributed by atoms with E-state index in [-0.39, 0.29) is 17.9 Å². The molecule has 3 rings (SSSR count). The fraction of sp³-hybridized carbons (Fsp3) is 0.455. The van der Waals surface area contributed by atoms with E-state index in [0.717, 1.165) is 5.56 Å². The quantitative estimate of drug-likeness (QED) is 0.815. The van der Waals surface area contributed by atoms with Crippen molar-refractivity contribution in [1.82, 2.24) is 10.2 Å². The lowest BCUT2D eigenvalue weighted by Gasteiger charge is -2.29. The van der Waals surface area contributed by atoms with Gasteiger partial charge in [0.1, 0.15) is 0 Å². The summed E-state index contributed by atoms with van der Waals surface area (Å²) in [6, 6.07) is 10.7. The van der Waals surface area contributed by atoms with Gasteiger partial charge < -0.3 is 10.2 Å². The summed E-state index contributed by atoms with van der Waals surface area (Å²) in [5, 5.41) is 7.29. The number of carbonyl (C=O) groups is 2. The van der Waals surface area contributed by atoms with Gasteiger partial charge in [-0.1, -0.05) is 31.2 Å². The van der Waals surface area contributed by atoms with Gasteiger partial charge >= 0.3 is 0 Å². The maximum absolute atomic E-state index is 13.0. The molecule has 1 atom stereocenters. The number of thiophene rings is 1. The third kappa shape index (κ3) is 4.41. The van der Waals surface area contributed by atoms with Crippen molar-refractivity contribution in [1.29, 1.82) is 0 Å². The van der Waals surface area contributed by atoms with E-state index in [1.165, 1.54) is 11.1 Å². The zero-order valence-electron chi connectivity index (χ0n) is 16.3. The van der Waals surface area contributed by atoms with E-state index in [1.807, 2.05) is 25.7 Å². The van der Waals surface area contributed by atoms with E-state index in [9.17, 15) is 9.59 Å². The van der Waals surface area contributed by atoms with Crippen molar-refractivity contribution in [2.75, 3.05) is 13.1 Å². The highest BCUT2D eigenvalue weighted by molar-refractivity contribution is 7.08. The SMILES string of the molecule is CCC(=O)N1CC[C@@](Cc2ccc(-c3ccsc3)cc2)(C(=O)NC(C)C)C1. The second kappa shape index (κ2) is 8.26. The van der Waals surface area contributed by atoms with Crippen molar-refractivity contribution < 1.29 is 9.59 Å². The molecule has 1 aromatic heterocycles. The fourth-order valence-corrected chi connectivity index (χ4v) is 4.43. The van der Waals surface area contributed by atoms with Crippen LogP contribution in [0.2, 0.25) is 0 Å². The first-order chi connectivity index (χ1) is 12.9. The van der Waals surface area contributed by atoms with Crippen LogP contribution in [0, 0.1) is 5.41 Å². The zero-order valence-corrected chi connectivity index (χ0v) is 17.1. The lowest BCUT2D eigenvalue weighted by atomic mass is 9.79. The molecule has 0 spiro atoms. The molecule has 2 heterocycles. The maximum atomic E-state index is 13.0. The molecule has 0 aliphatic carbocycles. The van der Waals surface area contributed by atoms with Crippen molar-refractivity contribution in [2.24, 2.45) is 5.41 Å². The molecule has 1 N–H and O–H groups in total. The van der Waals surface area contributed by atoms with E-state index in [4.69, 9.17) is 0 Å². The number of rotatable bonds is 6. The molecular weight excluding hydrogens is 356 g/mol. The zero-order chi connectivity index (χ0) is 19.4. The van der Waals surface area contributed by atoms with E-state index >= 15 is 0 Å². The van der Waals surface area contributed by atoms with Gasteiger partial charge in [-0.25, -0.2) is 0 Å². The topological polar surface area (TPSA) is 49.4 Å². The summed E-state index contributed by atoms with van der Waals surface area (Å²) in [6.45, 7) is 6.99. The monoisotopic (exact) mass is 384 g/mol. The van der Waals surface area contributed by atoms with Gasteiger partial charge in [-0.2, -0.15) is 11.3 Å². The molecule has 144 valence electrons. The summed E-state index contributed by atoms with van der Waals surface area (Å²) < 4.78 is 0. The van der Waals surface area contributed by atoms with Gasteiger partial charge in [0.15, 0.2) is 0 Å². The van der Waals surface area contributed by atoms with Crippen LogP contribution in [-0.2, 0) is 16.0 Å². The van der Waals surface area contributed by atoms with Crippen LogP contribution in [0.3, 0.4) is 0 Å². The molecule has 1 aliphatic heterocycles. The molecule has 2 amide bonds. The van der Waals surface area contributed by atoms with Gasteiger partial charge in [0.25, 0.3) is 0 Å². The van der Waals surface area contributed by atoms with Crippen molar-refractivity contribution in [2.45, 2.75) is 46.1 Å². The number of carbonyl (C=O) groups excluding carboxylic acids is 2. The standard InChI is InChI=1S/C22H28N2O2S/c1-4-20(25)24-11-10-22(15-24,21(26)23-16(2)3)13-17-5-7-18(8-6-17)19-9-12-27-14-19/h5-9,12,14,16H,4,10-11,13,15H2,1-3H3,(H,23,26)/t22-/m0/s1. The molecule has 1 aromatic carbocycles. The molecule has 2 aromatic rings. The number of nitrogens with zero attached hydrogens (tertiary/aromatic N) is 1. The molecule has 27 heavy (non-hydrogen) atoms. The second-order valence-corrected chi connectivity index (χ2v) is 8.49. The van der Waals surface area contributed by atoms with E-state index < -0.39 is 5.41 Å². The predicted molar refractivity (Wildman–Crippen MR) is 111 cm³/mol.